The van der Waals surface area contributed by atoms with Crippen molar-refractivity contribution in [3.05, 3.63) is 60.0 Å². The first-order valence-corrected chi connectivity index (χ1v) is 8.03. The second kappa shape index (κ2) is 6.41. The number of carbonyl (C=O) groups excluding carboxylic acids is 1. The van der Waals surface area contributed by atoms with E-state index in [0.717, 1.165) is 24.1 Å². The second-order valence-electron chi connectivity index (χ2n) is 5.95. The molecular formula is C18H18N4O2. The summed E-state index contributed by atoms with van der Waals surface area (Å²) in [4.78, 5) is 21.0. The Labute approximate surface area is 139 Å². The fraction of sp³-hybridized carbons (Fsp3) is 0.278. The van der Waals surface area contributed by atoms with Gasteiger partial charge in [-0.2, -0.15) is 0 Å². The lowest BCUT2D eigenvalue weighted by Gasteiger charge is -2.26. The fourth-order valence-corrected chi connectivity index (χ4v) is 2.72. The van der Waals surface area contributed by atoms with Gasteiger partial charge in [0, 0.05) is 12.7 Å². The first-order chi connectivity index (χ1) is 11.8. The maximum absolute atomic E-state index is 12.2. The molecule has 3 aromatic rings. The number of pyridine rings is 1. The van der Waals surface area contributed by atoms with E-state index in [0.29, 0.717) is 18.8 Å². The molecule has 1 amide bonds. The molecule has 0 saturated carbocycles. The average molecular weight is 322 g/mol. The van der Waals surface area contributed by atoms with E-state index in [-0.39, 0.29) is 11.9 Å². The predicted molar refractivity (Wildman–Crippen MR) is 89.7 cm³/mol. The molecule has 1 aromatic carbocycles. The smallest absolute Gasteiger partial charge is 0.253 e. The van der Waals surface area contributed by atoms with E-state index in [1.54, 1.807) is 18.6 Å². The first-order valence-electron chi connectivity index (χ1n) is 8.03. The highest BCUT2D eigenvalue weighted by Gasteiger charge is 2.21. The van der Waals surface area contributed by atoms with Gasteiger partial charge in [0.1, 0.15) is 5.52 Å². The fourth-order valence-electron chi connectivity index (χ4n) is 2.72. The van der Waals surface area contributed by atoms with E-state index in [1.807, 2.05) is 22.8 Å². The number of carbonyl (C=O) groups is 1. The van der Waals surface area contributed by atoms with Crippen LogP contribution < -0.4 is 5.32 Å². The number of nitrogens with one attached hydrogen (secondary N) is 1. The Kier molecular flexibility index (Phi) is 3.96. The molecule has 6 nitrogen and oxygen atoms in total. The highest BCUT2D eigenvalue weighted by molar-refractivity contribution is 5.96. The molecule has 122 valence electrons. The van der Waals surface area contributed by atoms with Gasteiger partial charge in [0.2, 0.25) is 0 Å². The van der Waals surface area contributed by atoms with Gasteiger partial charge in [-0.05, 0) is 18.1 Å². The summed E-state index contributed by atoms with van der Waals surface area (Å²) in [6.45, 7) is 1.96. The van der Waals surface area contributed by atoms with E-state index < -0.39 is 0 Å². The van der Waals surface area contributed by atoms with Crippen molar-refractivity contribution in [3.63, 3.8) is 0 Å². The van der Waals surface area contributed by atoms with Crippen molar-refractivity contribution < 1.29 is 9.53 Å². The minimum absolute atomic E-state index is 0.108. The zero-order valence-electron chi connectivity index (χ0n) is 13.2. The van der Waals surface area contributed by atoms with Gasteiger partial charge in [0.15, 0.2) is 5.65 Å². The Balaban J connectivity index is 1.49. The van der Waals surface area contributed by atoms with Crippen molar-refractivity contribution in [1.82, 2.24) is 19.9 Å². The molecule has 1 N–H and O–H groups in total. The number of aryl methyl sites for hydroxylation is 2. The van der Waals surface area contributed by atoms with Gasteiger partial charge < -0.3 is 14.6 Å². The van der Waals surface area contributed by atoms with E-state index in [9.17, 15) is 4.79 Å². The maximum atomic E-state index is 12.2. The number of fused-ring (bicyclic) bond motifs is 1. The number of nitrogens with zero attached hydrogens (tertiary/aromatic N) is 3. The Hall–Kier alpha value is -2.73. The highest BCUT2D eigenvalue weighted by atomic mass is 16.5. The summed E-state index contributed by atoms with van der Waals surface area (Å²) in [6, 6.07) is 12.2. The van der Waals surface area contributed by atoms with E-state index in [4.69, 9.17) is 4.74 Å². The van der Waals surface area contributed by atoms with Crippen molar-refractivity contribution >= 4 is 17.1 Å². The molecule has 1 aliphatic heterocycles. The summed E-state index contributed by atoms with van der Waals surface area (Å²) in [6.07, 6.45) is 4.30. The molecule has 24 heavy (non-hydrogen) atoms. The van der Waals surface area contributed by atoms with Crippen LogP contribution in [0.1, 0.15) is 15.9 Å². The number of amides is 1. The zero-order valence-corrected chi connectivity index (χ0v) is 13.2. The van der Waals surface area contributed by atoms with Crippen LogP contribution in [0, 0.1) is 0 Å². The van der Waals surface area contributed by atoms with Gasteiger partial charge in [0.05, 0.1) is 31.1 Å². The van der Waals surface area contributed by atoms with Crippen LogP contribution in [0.5, 0.6) is 0 Å². The van der Waals surface area contributed by atoms with Crippen LogP contribution in [-0.2, 0) is 17.7 Å². The first kappa shape index (κ1) is 14.8. The van der Waals surface area contributed by atoms with Crippen LogP contribution in [0.2, 0.25) is 0 Å². The zero-order chi connectivity index (χ0) is 16.4. The Morgan fingerprint density at radius 1 is 1.25 bits per heavy atom. The molecule has 3 heterocycles. The molecule has 0 radical (unpaired) electrons. The van der Waals surface area contributed by atoms with Crippen molar-refractivity contribution in [2.75, 3.05) is 13.2 Å². The summed E-state index contributed by atoms with van der Waals surface area (Å²) in [7, 11) is 0. The minimum atomic E-state index is -0.128. The van der Waals surface area contributed by atoms with Crippen molar-refractivity contribution in [2.24, 2.45) is 0 Å². The molecule has 0 atom stereocenters. The Bertz CT molecular complexity index is 856. The number of benzene rings is 1. The van der Waals surface area contributed by atoms with Gasteiger partial charge in [0.25, 0.3) is 5.91 Å². The normalized spacial score (nSPS) is 14.5. The van der Waals surface area contributed by atoms with Crippen molar-refractivity contribution in [3.8, 4) is 0 Å². The Morgan fingerprint density at radius 2 is 2.08 bits per heavy atom. The van der Waals surface area contributed by atoms with Crippen LogP contribution in [0.15, 0.2) is 48.9 Å². The van der Waals surface area contributed by atoms with Crippen molar-refractivity contribution in [2.45, 2.75) is 19.0 Å². The monoisotopic (exact) mass is 322 g/mol. The number of ether oxygens (including phenoxy) is 1. The standard InChI is InChI=1S/C18H18N4O2/c23-18(21-15-10-24-11-15)14-8-16-17(19-9-14)22(12-20-16)7-6-13-4-2-1-3-5-13/h1-5,8-9,12,15H,6-7,10-11H2,(H,21,23). The van der Waals surface area contributed by atoms with Gasteiger partial charge in [-0.15, -0.1) is 0 Å². The predicted octanol–water partition coefficient (Wildman–Crippen LogP) is 1.80. The second-order valence-corrected chi connectivity index (χ2v) is 5.95. The van der Waals surface area contributed by atoms with Crippen LogP contribution in [-0.4, -0.2) is 39.7 Å². The van der Waals surface area contributed by atoms with Gasteiger partial charge in [-0.3, -0.25) is 4.79 Å². The van der Waals surface area contributed by atoms with Crippen LogP contribution in [0.25, 0.3) is 11.2 Å². The summed E-state index contributed by atoms with van der Waals surface area (Å²) in [5.74, 6) is -0.128. The van der Waals surface area contributed by atoms with E-state index >= 15 is 0 Å². The lowest BCUT2D eigenvalue weighted by Crippen LogP contribution is -2.48. The largest absolute Gasteiger partial charge is 0.377 e. The summed E-state index contributed by atoms with van der Waals surface area (Å²) in [5.41, 5.74) is 3.34. The molecule has 1 saturated heterocycles. The van der Waals surface area contributed by atoms with Crippen LogP contribution in [0.3, 0.4) is 0 Å². The third-order valence-corrected chi connectivity index (χ3v) is 4.18. The summed E-state index contributed by atoms with van der Waals surface area (Å²) >= 11 is 0. The van der Waals surface area contributed by atoms with Gasteiger partial charge in [-0.25, -0.2) is 9.97 Å². The average Bonchev–Trinajstić information content (AvgIpc) is 2.99. The number of aromatic nitrogens is 3. The number of imidazole rings is 1. The van der Waals surface area contributed by atoms with Gasteiger partial charge >= 0.3 is 0 Å². The minimum Gasteiger partial charge on any atom is -0.377 e. The Morgan fingerprint density at radius 3 is 2.83 bits per heavy atom. The molecule has 6 heteroatoms. The lowest BCUT2D eigenvalue weighted by atomic mass is 10.1. The topological polar surface area (TPSA) is 69.0 Å². The molecule has 2 aromatic heterocycles. The number of hydrogen-bond acceptors (Lipinski definition) is 4. The quantitative estimate of drug-likeness (QED) is 0.778. The number of rotatable bonds is 5. The highest BCUT2D eigenvalue weighted by Crippen LogP contribution is 2.14. The molecule has 0 spiro atoms. The molecule has 1 aliphatic rings. The molecular weight excluding hydrogens is 304 g/mol. The summed E-state index contributed by atoms with van der Waals surface area (Å²) < 4.78 is 7.08. The molecule has 1 fully saturated rings. The third kappa shape index (κ3) is 3.00. The maximum Gasteiger partial charge on any atom is 0.253 e. The van der Waals surface area contributed by atoms with Crippen molar-refractivity contribution in [1.29, 1.82) is 0 Å². The molecule has 4 rings (SSSR count). The summed E-state index contributed by atoms with van der Waals surface area (Å²) in [5, 5.41) is 2.91. The lowest BCUT2D eigenvalue weighted by molar-refractivity contribution is -0.00346. The number of hydrogen-bond donors (Lipinski definition) is 1. The van der Waals surface area contributed by atoms with E-state index in [1.165, 1.54) is 5.56 Å². The molecule has 0 aliphatic carbocycles. The molecule has 0 unspecified atom stereocenters. The van der Waals surface area contributed by atoms with E-state index in [2.05, 4.69) is 27.4 Å². The molecule has 0 bridgehead atoms. The van der Waals surface area contributed by atoms with Crippen LogP contribution in [0.4, 0.5) is 0 Å². The SMILES string of the molecule is O=C(NC1COC1)c1cnc2c(c1)ncn2CCc1ccccc1. The van der Waals surface area contributed by atoms with Crippen LogP contribution >= 0.6 is 0 Å². The van der Waals surface area contributed by atoms with Gasteiger partial charge in [-0.1, -0.05) is 30.3 Å². The third-order valence-electron chi connectivity index (χ3n) is 4.18.